The number of aromatic nitrogens is 1. The zero-order valence-corrected chi connectivity index (χ0v) is 19.9. The van der Waals surface area contributed by atoms with E-state index in [-0.39, 0.29) is 35.0 Å². The first kappa shape index (κ1) is 23.4. The van der Waals surface area contributed by atoms with Gasteiger partial charge in [-0.25, -0.2) is 13.4 Å². The second-order valence-corrected chi connectivity index (χ2v) is 10.5. The molecule has 3 aromatic rings. The van der Waals surface area contributed by atoms with Gasteiger partial charge in [0, 0.05) is 31.7 Å². The molecular weight excluding hydrogens is 458 g/mol. The number of sulfonamides is 1. The highest BCUT2D eigenvalue weighted by Crippen LogP contribution is 2.27. The third kappa shape index (κ3) is 5.43. The maximum absolute atomic E-state index is 12.9. The molecule has 1 aromatic heterocycles. The molecule has 0 spiro atoms. The van der Waals surface area contributed by atoms with Crippen molar-refractivity contribution in [3.05, 3.63) is 83.1 Å². The van der Waals surface area contributed by atoms with Crippen LogP contribution in [0.25, 0.3) is 11.1 Å². The fourth-order valence-electron chi connectivity index (χ4n) is 4.08. The van der Waals surface area contributed by atoms with Gasteiger partial charge in [-0.15, -0.1) is 0 Å². The van der Waals surface area contributed by atoms with E-state index < -0.39 is 10.0 Å². The van der Waals surface area contributed by atoms with E-state index in [9.17, 15) is 13.2 Å². The molecule has 0 atom stereocenters. The Kier molecular flexibility index (Phi) is 7.12. The van der Waals surface area contributed by atoms with Gasteiger partial charge >= 0.3 is 0 Å². The van der Waals surface area contributed by atoms with Gasteiger partial charge in [0.2, 0.25) is 15.9 Å². The van der Waals surface area contributed by atoms with Crippen LogP contribution in [-0.4, -0.2) is 36.7 Å². The molecule has 0 radical (unpaired) electrons. The van der Waals surface area contributed by atoms with Crippen molar-refractivity contribution < 1.29 is 13.2 Å². The predicted octanol–water partition coefficient (Wildman–Crippen LogP) is 4.43. The summed E-state index contributed by atoms with van der Waals surface area (Å²) in [5, 5.41) is 2.98. The zero-order valence-electron chi connectivity index (χ0n) is 18.4. The summed E-state index contributed by atoms with van der Waals surface area (Å²) in [5.74, 6) is -0.270. The molecule has 1 amide bonds. The normalized spacial score (nSPS) is 15.3. The molecular formula is C25H26ClN3O3S. The van der Waals surface area contributed by atoms with Crippen molar-refractivity contribution in [3.8, 4) is 11.1 Å². The number of carbonyl (C=O) groups is 1. The maximum Gasteiger partial charge on any atom is 0.246 e. The van der Waals surface area contributed by atoms with Crippen LogP contribution in [0, 0.1) is 12.8 Å². The van der Waals surface area contributed by atoms with E-state index >= 15 is 0 Å². The Labute approximate surface area is 199 Å². The van der Waals surface area contributed by atoms with Gasteiger partial charge in [0.05, 0.1) is 0 Å². The van der Waals surface area contributed by atoms with Crippen LogP contribution in [0.1, 0.15) is 24.0 Å². The Balaban J connectivity index is 1.34. The number of aryl methyl sites for hydroxylation is 1. The summed E-state index contributed by atoms with van der Waals surface area (Å²) in [6.07, 6.45) is 2.38. The molecule has 1 N–H and O–H groups in total. The molecule has 1 fully saturated rings. The van der Waals surface area contributed by atoms with Gasteiger partial charge in [-0.05, 0) is 54.7 Å². The third-order valence-corrected chi connectivity index (χ3v) is 8.26. The van der Waals surface area contributed by atoms with Crippen molar-refractivity contribution in [2.45, 2.75) is 31.2 Å². The van der Waals surface area contributed by atoms with Crippen LogP contribution in [0.2, 0.25) is 5.15 Å². The average molecular weight is 484 g/mol. The number of piperidine rings is 1. The van der Waals surface area contributed by atoms with Crippen LogP contribution in [0.5, 0.6) is 0 Å². The molecule has 0 unspecified atom stereocenters. The van der Waals surface area contributed by atoms with E-state index in [1.807, 2.05) is 18.2 Å². The number of hydrogen-bond acceptors (Lipinski definition) is 4. The second kappa shape index (κ2) is 10.0. The van der Waals surface area contributed by atoms with E-state index in [2.05, 4.69) is 47.6 Å². The average Bonchev–Trinajstić information content (AvgIpc) is 2.83. The van der Waals surface area contributed by atoms with Crippen molar-refractivity contribution in [3.63, 3.8) is 0 Å². The topological polar surface area (TPSA) is 79.4 Å². The monoisotopic (exact) mass is 483 g/mol. The van der Waals surface area contributed by atoms with Crippen LogP contribution >= 0.6 is 11.6 Å². The Hall–Kier alpha value is -2.74. The summed E-state index contributed by atoms with van der Waals surface area (Å²) >= 11 is 5.98. The standard InChI is InChI=1S/C25H26ClN3O3S/c1-18-5-2-7-21(15-18)22-8-3-6-19(16-22)17-28-25(30)20-10-13-29(14-11-20)33(31,32)23-9-4-12-27-24(23)26/h2-9,12,15-16,20H,10-11,13-14,17H2,1H3,(H,28,30). The van der Waals surface area contributed by atoms with Crippen molar-refractivity contribution in [1.82, 2.24) is 14.6 Å². The number of amides is 1. The molecule has 1 saturated heterocycles. The molecule has 4 rings (SSSR count). The molecule has 1 aliphatic heterocycles. The molecule has 2 heterocycles. The first-order valence-electron chi connectivity index (χ1n) is 10.9. The summed E-state index contributed by atoms with van der Waals surface area (Å²) in [5.41, 5.74) is 4.47. The number of halogens is 1. The molecule has 0 bridgehead atoms. The summed E-state index contributed by atoms with van der Waals surface area (Å²) in [4.78, 5) is 16.6. The number of pyridine rings is 1. The van der Waals surface area contributed by atoms with Crippen molar-refractivity contribution in [1.29, 1.82) is 0 Å². The van der Waals surface area contributed by atoms with Gasteiger partial charge < -0.3 is 5.32 Å². The highest BCUT2D eigenvalue weighted by Gasteiger charge is 2.33. The van der Waals surface area contributed by atoms with Gasteiger partial charge in [0.1, 0.15) is 10.0 Å². The fraction of sp³-hybridized carbons (Fsp3) is 0.280. The second-order valence-electron chi connectivity index (χ2n) is 8.26. The summed E-state index contributed by atoms with van der Waals surface area (Å²) in [7, 11) is -3.72. The Morgan fingerprint density at radius 1 is 1.06 bits per heavy atom. The first-order valence-corrected chi connectivity index (χ1v) is 12.7. The summed E-state index contributed by atoms with van der Waals surface area (Å²) in [6, 6.07) is 19.4. The summed E-state index contributed by atoms with van der Waals surface area (Å²) in [6.45, 7) is 3.04. The molecule has 2 aromatic carbocycles. The Bertz CT molecular complexity index is 1260. The minimum absolute atomic E-state index is 0.00283. The SMILES string of the molecule is Cc1cccc(-c2cccc(CNC(=O)C3CCN(S(=O)(=O)c4cccnc4Cl)CC3)c2)c1. The maximum atomic E-state index is 12.9. The van der Waals surface area contributed by atoms with Gasteiger partial charge in [0.15, 0.2) is 0 Å². The number of nitrogens with one attached hydrogen (secondary N) is 1. The molecule has 0 aliphatic carbocycles. The highest BCUT2D eigenvalue weighted by molar-refractivity contribution is 7.89. The quantitative estimate of drug-likeness (QED) is 0.526. The largest absolute Gasteiger partial charge is 0.352 e. The van der Waals surface area contributed by atoms with Gasteiger partial charge in [-0.1, -0.05) is 59.6 Å². The third-order valence-electron chi connectivity index (χ3n) is 5.91. The molecule has 33 heavy (non-hydrogen) atoms. The Morgan fingerprint density at radius 3 is 2.45 bits per heavy atom. The van der Waals surface area contributed by atoms with E-state index in [0.717, 1.165) is 16.7 Å². The van der Waals surface area contributed by atoms with Crippen LogP contribution in [0.3, 0.4) is 0 Å². The van der Waals surface area contributed by atoms with Crippen molar-refractivity contribution in [2.75, 3.05) is 13.1 Å². The smallest absolute Gasteiger partial charge is 0.246 e. The molecule has 6 nitrogen and oxygen atoms in total. The molecule has 172 valence electrons. The minimum Gasteiger partial charge on any atom is -0.352 e. The van der Waals surface area contributed by atoms with E-state index in [1.165, 1.54) is 22.1 Å². The predicted molar refractivity (Wildman–Crippen MR) is 129 cm³/mol. The number of nitrogens with zero attached hydrogens (tertiary/aromatic N) is 2. The van der Waals surface area contributed by atoms with Gasteiger partial charge in [0.25, 0.3) is 0 Å². The van der Waals surface area contributed by atoms with Crippen LogP contribution in [-0.2, 0) is 21.4 Å². The van der Waals surface area contributed by atoms with Crippen molar-refractivity contribution >= 4 is 27.5 Å². The number of carbonyl (C=O) groups excluding carboxylic acids is 1. The molecule has 0 saturated carbocycles. The van der Waals surface area contributed by atoms with E-state index in [4.69, 9.17) is 11.6 Å². The number of benzene rings is 2. The van der Waals surface area contributed by atoms with Crippen molar-refractivity contribution in [2.24, 2.45) is 5.92 Å². The first-order chi connectivity index (χ1) is 15.8. The lowest BCUT2D eigenvalue weighted by molar-refractivity contribution is -0.126. The number of hydrogen-bond donors (Lipinski definition) is 1. The molecule has 8 heteroatoms. The Morgan fingerprint density at radius 2 is 1.76 bits per heavy atom. The van der Waals surface area contributed by atoms with Crippen LogP contribution < -0.4 is 5.32 Å². The highest BCUT2D eigenvalue weighted by atomic mass is 35.5. The van der Waals surface area contributed by atoms with E-state index in [1.54, 1.807) is 6.07 Å². The number of rotatable bonds is 6. The lowest BCUT2D eigenvalue weighted by Crippen LogP contribution is -2.42. The van der Waals surface area contributed by atoms with Crippen LogP contribution in [0.15, 0.2) is 71.8 Å². The summed E-state index contributed by atoms with van der Waals surface area (Å²) < 4.78 is 27.1. The van der Waals surface area contributed by atoms with E-state index in [0.29, 0.717) is 19.4 Å². The molecule has 1 aliphatic rings. The lowest BCUT2D eigenvalue weighted by atomic mass is 9.97. The van der Waals surface area contributed by atoms with Gasteiger partial charge in [-0.3, -0.25) is 4.79 Å². The minimum atomic E-state index is -3.72. The lowest BCUT2D eigenvalue weighted by Gasteiger charge is -2.30. The van der Waals surface area contributed by atoms with Crippen LogP contribution in [0.4, 0.5) is 0 Å². The van der Waals surface area contributed by atoms with Gasteiger partial charge in [-0.2, -0.15) is 4.31 Å². The fourth-order valence-corrected chi connectivity index (χ4v) is 5.98. The zero-order chi connectivity index (χ0) is 23.4.